The van der Waals surface area contributed by atoms with Gasteiger partial charge in [-0.3, -0.25) is 4.79 Å². The molecule has 0 spiro atoms. The molecule has 1 aromatic heterocycles. The second-order valence-electron chi connectivity index (χ2n) is 2.71. The topological polar surface area (TPSA) is 99.4 Å². The maximum Gasteiger partial charge on any atom is 0.329 e. The van der Waals surface area contributed by atoms with Crippen LogP contribution >= 0.6 is 11.3 Å². The van der Waals surface area contributed by atoms with Gasteiger partial charge in [-0.15, -0.1) is 11.3 Å². The van der Waals surface area contributed by atoms with Gasteiger partial charge in [0.25, 0.3) is 5.91 Å². The highest BCUT2D eigenvalue weighted by molar-refractivity contribution is 7.14. The number of anilines is 1. The number of nitrogens with one attached hydrogen (secondary N) is 1. The van der Waals surface area contributed by atoms with Gasteiger partial charge in [-0.25, -0.2) is 4.79 Å². The second kappa shape index (κ2) is 5.85. The minimum Gasteiger partial charge on any atom is -0.480 e. The monoisotopic (exact) mass is 240 g/mol. The molecule has 16 heavy (non-hydrogen) atoms. The fourth-order valence-corrected chi connectivity index (χ4v) is 1.64. The number of amides is 1. The first kappa shape index (κ1) is 12.2. The number of aliphatic carboxylic acids is 1. The third kappa shape index (κ3) is 3.68. The Kier molecular flexibility index (Phi) is 4.44. The van der Waals surface area contributed by atoms with Crippen molar-refractivity contribution in [3.63, 3.8) is 0 Å². The normalized spacial score (nSPS) is 9.44. The number of carboxylic acids is 1. The van der Waals surface area contributed by atoms with Crippen molar-refractivity contribution in [1.29, 1.82) is 5.26 Å². The van der Waals surface area contributed by atoms with E-state index in [2.05, 4.69) is 10.1 Å². The first-order chi connectivity index (χ1) is 7.63. The number of carboxylic acid groups (broad SMARTS) is 1. The SMILES string of the molecule is N#Cc1ccsc1NC(=O)COCC(=O)O. The minimum atomic E-state index is -1.14. The van der Waals surface area contributed by atoms with Gasteiger partial charge >= 0.3 is 5.97 Å². The molecule has 84 valence electrons. The average Bonchev–Trinajstić information content (AvgIpc) is 2.64. The maximum atomic E-state index is 11.2. The molecule has 0 aliphatic heterocycles. The van der Waals surface area contributed by atoms with Crippen LogP contribution in [0, 0.1) is 11.3 Å². The van der Waals surface area contributed by atoms with Crippen LogP contribution in [0.4, 0.5) is 5.00 Å². The van der Waals surface area contributed by atoms with Crippen molar-refractivity contribution in [3.05, 3.63) is 17.0 Å². The summed E-state index contributed by atoms with van der Waals surface area (Å²) in [6.07, 6.45) is 0. The summed E-state index contributed by atoms with van der Waals surface area (Å²) in [6, 6.07) is 3.50. The molecule has 0 radical (unpaired) electrons. The molecule has 1 aromatic rings. The fourth-order valence-electron chi connectivity index (χ4n) is 0.888. The van der Waals surface area contributed by atoms with E-state index in [0.29, 0.717) is 10.6 Å². The van der Waals surface area contributed by atoms with Crippen LogP contribution in [0.5, 0.6) is 0 Å². The van der Waals surface area contributed by atoms with Crippen molar-refractivity contribution in [2.75, 3.05) is 18.5 Å². The molecule has 2 N–H and O–H groups in total. The Morgan fingerprint density at radius 2 is 2.31 bits per heavy atom. The molecule has 0 bridgehead atoms. The van der Waals surface area contributed by atoms with Crippen LogP contribution in [0.3, 0.4) is 0 Å². The van der Waals surface area contributed by atoms with Gasteiger partial charge in [-0.2, -0.15) is 5.26 Å². The van der Waals surface area contributed by atoms with Crippen molar-refractivity contribution >= 4 is 28.2 Å². The number of carbonyl (C=O) groups is 2. The molecular weight excluding hydrogens is 232 g/mol. The number of ether oxygens (including phenoxy) is 1. The fraction of sp³-hybridized carbons (Fsp3) is 0.222. The molecule has 0 unspecified atom stereocenters. The van der Waals surface area contributed by atoms with Crippen LogP contribution in [-0.4, -0.2) is 30.2 Å². The predicted octanol–water partition coefficient (Wildman–Crippen LogP) is 0.659. The lowest BCUT2D eigenvalue weighted by atomic mass is 10.3. The van der Waals surface area contributed by atoms with E-state index < -0.39 is 18.5 Å². The van der Waals surface area contributed by atoms with Crippen molar-refractivity contribution in [1.82, 2.24) is 0 Å². The Morgan fingerprint density at radius 1 is 1.56 bits per heavy atom. The number of nitrogens with zero attached hydrogens (tertiary/aromatic N) is 1. The molecule has 1 heterocycles. The summed E-state index contributed by atoms with van der Waals surface area (Å²) < 4.78 is 4.59. The molecule has 0 atom stereocenters. The van der Waals surface area contributed by atoms with Crippen LogP contribution < -0.4 is 5.32 Å². The van der Waals surface area contributed by atoms with E-state index >= 15 is 0 Å². The summed E-state index contributed by atoms with van der Waals surface area (Å²) in [4.78, 5) is 21.3. The van der Waals surface area contributed by atoms with E-state index in [1.54, 1.807) is 11.4 Å². The molecular formula is C9H8N2O4S. The van der Waals surface area contributed by atoms with Crippen LogP contribution in [0.1, 0.15) is 5.56 Å². The summed E-state index contributed by atoms with van der Waals surface area (Å²) in [5.74, 6) is -1.62. The lowest BCUT2D eigenvalue weighted by Crippen LogP contribution is -2.20. The van der Waals surface area contributed by atoms with Gasteiger partial charge in [-0.1, -0.05) is 0 Å². The smallest absolute Gasteiger partial charge is 0.329 e. The summed E-state index contributed by atoms with van der Waals surface area (Å²) >= 11 is 1.22. The standard InChI is InChI=1S/C9H8N2O4S/c10-3-6-1-2-16-9(6)11-7(12)4-15-5-8(13)14/h1-2H,4-5H2,(H,11,12)(H,13,14). The quantitative estimate of drug-likeness (QED) is 0.787. The van der Waals surface area contributed by atoms with Gasteiger partial charge in [0, 0.05) is 0 Å². The lowest BCUT2D eigenvalue weighted by Gasteiger charge is -2.02. The molecule has 0 aliphatic carbocycles. The lowest BCUT2D eigenvalue weighted by molar-refractivity contribution is -0.143. The van der Waals surface area contributed by atoms with E-state index in [0.717, 1.165) is 0 Å². The van der Waals surface area contributed by atoms with Crippen LogP contribution in [0.25, 0.3) is 0 Å². The maximum absolute atomic E-state index is 11.2. The molecule has 0 aliphatic rings. The van der Waals surface area contributed by atoms with Gasteiger partial charge in [0.1, 0.15) is 24.3 Å². The summed E-state index contributed by atoms with van der Waals surface area (Å²) in [6.45, 7) is -0.877. The number of hydrogen-bond acceptors (Lipinski definition) is 5. The van der Waals surface area contributed by atoms with Crippen molar-refractivity contribution in [2.24, 2.45) is 0 Å². The van der Waals surface area contributed by atoms with Gasteiger partial charge < -0.3 is 15.2 Å². The van der Waals surface area contributed by atoms with Crippen LogP contribution in [0.15, 0.2) is 11.4 Å². The van der Waals surface area contributed by atoms with Gasteiger partial charge in [0.15, 0.2) is 0 Å². The number of carbonyl (C=O) groups excluding carboxylic acids is 1. The zero-order valence-electron chi connectivity index (χ0n) is 8.10. The summed E-state index contributed by atoms with van der Waals surface area (Å²) in [5, 5.41) is 21.5. The molecule has 0 fully saturated rings. The minimum absolute atomic E-state index is 0.352. The van der Waals surface area contributed by atoms with Crippen LogP contribution in [-0.2, 0) is 14.3 Å². The molecule has 1 rings (SSSR count). The van der Waals surface area contributed by atoms with Gasteiger partial charge in [-0.05, 0) is 11.4 Å². The van der Waals surface area contributed by atoms with E-state index in [1.807, 2.05) is 6.07 Å². The number of nitriles is 1. The van der Waals surface area contributed by atoms with Gasteiger partial charge in [0.2, 0.25) is 0 Å². The zero-order chi connectivity index (χ0) is 12.0. The largest absolute Gasteiger partial charge is 0.480 e. The highest BCUT2D eigenvalue weighted by Gasteiger charge is 2.08. The first-order valence-electron chi connectivity index (χ1n) is 4.20. The predicted molar refractivity (Wildman–Crippen MR) is 56.1 cm³/mol. The molecule has 6 nitrogen and oxygen atoms in total. The Balaban J connectivity index is 2.40. The number of thiophene rings is 1. The highest BCUT2D eigenvalue weighted by Crippen LogP contribution is 2.21. The highest BCUT2D eigenvalue weighted by atomic mass is 32.1. The van der Waals surface area contributed by atoms with E-state index in [9.17, 15) is 9.59 Å². The number of rotatable bonds is 5. The van der Waals surface area contributed by atoms with Crippen molar-refractivity contribution in [3.8, 4) is 6.07 Å². The van der Waals surface area contributed by atoms with E-state index in [4.69, 9.17) is 10.4 Å². The van der Waals surface area contributed by atoms with Crippen LogP contribution in [0.2, 0.25) is 0 Å². The summed E-state index contributed by atoms with van der Waals surface area (Å²) in [7, 11) is 0. The Morgan fingerprint density at radius 3 is 2.94 bits per heavy atom. The van der Waals surface area contributed by atoms with Crippen molar-refractivity contribution in [2.45, 2.75) is 0 Å². The Bertz CT molecular complexity index is 435. The van der Waals surface area contributed by atoms with Gasteiger partial charge in [0.05, 0.1) is 5.56 Å². The molecule has 0 aromatic carbocycles. The summed E-state index contributed by atoms with van der Waals surface area (Å²) in [5.41, 5.74) is 0.372. The van der Waals surface area contributed by atoms with Crippen molar-refractivity contribution < 1.29 is 19.4 Å². The second-order valence-corrected chi connectivity index (χ2v) is 3.63. The first-order valence-corrected chi connectivity index (χ1v) is 5.08. The third-order valence-electron chi connectivity index (χ3n) is 1.50. The average molecular weight is 240 g/mol. The Labute approximate surface area is 95.1 Å². The van der Waals surface area contributed by atoms with E-state index in [1.165, 1.54) is 11.3 Å². The Hall–Kier alpha value is -1.91. The number of hydrogen-bond donors (Lipinski definition) is 2. The third-order valence-corrected chi connectivity index (χ3v) is 2.33. The molecule has 0 saturated heterocycles. The molecule has 0 saturated carbocycles. The zero-order valence-corrected chi connectivity index (χ0v) is 8.91. The molecule has 1 amide bonds. The van der Waals surface area contributed by atoms with E-state index in [-0.39, 0.29) is 6.61 Å². The molecule has 7 heteroatoms.